The summed E-state index contributed by atoms with van der Waals surface area (Å²) in [5.41, 5.74) is 0. The fourth-order valence-electron chi connectivity index (χ4n) is 9.70. The predicted octanol–water partition coefficient (Wildman–Crippen LogP) is 20.1. The average Bonchev–Trinajstić information content (AvgIpc) is 3.38. The molecule has 0 heterocycles. The van der Waals surface area contributed by atoms with E-state index in [9.17, 15) is 19.8 Å². The van der Waals surface area contributed by atoms with Gasteiger partial charge in [-0.1, -0.05) is 294 Å². The fourth-order valence-corrected chi connectivity index (χ4v) is 9.70. The van der Waals surface area contributed by atoms with Gasteiger partial charge in [0.2, 0.25) is 5.91 Å². The number of aliphatic hydroxyl groups excluding tert-OH is 2. The molecule has 0 aliphatic rings. The third kappa shape index (κ3) is 57.1. The summed E-state index contributed by atoms with van der Waals surface area (Å²) in [5.74, 6) is -0.111. The molecule has 72 heavy (non-hydrogen) atoms. The Kier molecular flexibility index (Phi) is 59.5. The van der Waals surface area contributed by atoms with E-state index >= 15 is 0 Å². The number of esters is 1. The van der Waals surface area contributed by atoms with Crippen molar-refractivity contribution in [3.63, 3.8) is 0 Å². The molecule has 0 aliphatic heterocycles. The molecule has 6 heteroatoms. The molecule has 0 aromatic carbocycles. The Labute approximate surface area is 448 Å². The second-order valence-electron chi connectivity index (χ2n) is 21.7. The van der Waals surface area contributed by atoms with Crippen LogP contribution < -0.4 is 5.32 Å². The highest BCUT2D eigenvalue weighted by molar-refractivity contribution is 5.76. The molecule has 0 radical (unpaired) electrons. The molecule has 3 N–H and O–H groups in total. The highest BCUT2D eigenvalue weighted by Crippen LogP contribution is 2.17. The molecule has 6 nitrogen and oxygen atoms in total. The molecular weight excluding hydrogens is 887 g/mol. The maximum Gasteiger partial charge on any atom is 0.305 e. The molecule has 0 fully saturated rings. The molecule has 0 aromatic rings. The largest absolute Gasteiger partial charge is 0.465 e. The molecule has 0 rings (SSSR count). The molecule has 1 amide bonds. The zero-order chi connectivity index (χ0) is 52.2. The second kappa shape index (κ2) is 61.4. The van der Waals surface area contributed by atoms with Gasteiger partial charge in [-0.2, -0.15) is 0 Å². The molecule has 0 aliphatic carbocycles. The molecule has 0 spiro atoms. The Morgan fingerprint density at radius 3 is 1.07 bits per heavy atom. The summed E-state index contributed by atoms with van der Waals surface area (Å²) in [4.78, 5) is 24.5. The standard InChI is InChI=1S/C66H123NO5/c1-3-5-7-9-11-13-15-17-19-21-28-32-36-40-44-48-52-56-60-66(71)72-61-57-53-49-45-41-37-33-29-26-24-22-23-25-27-31-35-39-43-47-51-55-59-65(70)67-63(62-68)64(69)58-54-50-46-42-38-34-30-20-18-16-14-12-10-8-6-4-2/h19,21,37,41,49,53-54,58,63-64,68-69H,3-18,20,22-36,38-40,42-48,50-52,55-57,59-62H2,1-2H3,(H,67,70)/b21-19-,41-37-,53-49-,58-54+. The lowest BCUT2D eigenvalue weighted by atomic mass is 10.0. The van der Waals surface area contributed by atoms with Crippen LogP contribution in [0.4, 0.5) is 0 Å². The fraction of sp³-hybridized carbons (Fsp3) is 0.848. The Balaban J connectivity index is 3.47. The Morgan fingerprint density at radius 2 is 0.694 bits per heavy atom. The Morgan fingerprint density at radius 1 is 0.389 bits per heavy atom. The molecular formula is C66H123NO5. The molecule has 0 bridgehead atoms. The number of carbonyl (C=O) groups is 2. The summed E-state index contributed by atoms with van der Waals surface area (Å²) >= 11 is 0. The van der Waals surface area contributed by atoms with Gasteiger partial charge in [-0.05, 0) is 77.0 Å². The molecule has 422 valence electrons. The van der Waals surface area contributed by atoms with Crippen LogP contribution in [0.2, 0.25) is 0 Å². The van der Waals surface area contributed by atoms with Gasteiger partial charge in [-0.15, -0.1) is 0 Å². The van der Waals surface area contributed by atoms with Crippen molar-refractivity contribution in [3.05, 3.63) is 48.6 Å². The highest BCUT2D eigenvalue weighted by Gasteiger charge is 2.18. The van der Waals surface area contributed by atoms with Crippen molar-refractivity contribution in [3.8, 4) is 0 Å². The van der Waals surface area contributed by atoms with Crippen molar-refractivity contribution in [1.29, 1.82) is 0 Å². The van der Waals surface area contributed by atoms with Gasteiger partial charge < -0.3 is 20.3 Å². The number of hydrogen-bond acceptors (Lipinski definition) is 5. The van der Waals surface area contributed by atoms with Gasteiger partial charge in [-0.25, -0.2) is 0 Å². The van der Waals surface area contributed by atoms with Crippen molar-refractivity contribution in [1.82, 2.24) is 5.32 Å². The third-order valence-corrected chi connectivity index (χ3v) is 14.6. The monoisotopic (exact) mass is 1010 g/mol. The minimum atomic E-state index is -0.849. The lowest BCUT2D eigenvalue weighted by Gasteiger charge is -2.20. The summed E-state index contributed by atoms with van der Waals surface area (Å²) in [7, 11) is 0. The number of aliphatic hydroxyl groups is 2. The maximum atomic E-state index is 12.5. The second-order valence-corrected chi connectivity index (χ2v) is 21.7. The van der Waals surface area contributed by atoms with Crippen molar-refractivity contribution < 1.29 is 24.5 Å². The van der Waals surface area contributed by atoms with Gasteiger partial charge in [-0.3, -0.25) is 9.59 Å². The minimum absolute atomic E-state index is 0.0388. The first-order valence-corrected chi connectivity index (χ1v) is 31.9. The molecule has 2 unspecified atom stereocenters. The quantitative estimate of drug-likeness (QED) is 0.0320. The van der Waals surface area contributed by atoms with E-state index in [1.165, 1.54) is 257 Å². The van der Waals surface area contributed by atoms with Crippen LogP contribution in [0.3, 0.4) is 0 Å². The Hall–Kier alpha value is -2.18. The lowest BCUT2D eigenvalue weighted by Crippen LogP contribution is -2.45. The first-order valence-electron chi connectivity index (χ1n) is 31.9. The molecule has 0 aromatic heterocycles. The predicted molar refractivity (Wildman–Crippen MR) is 315 cm³/mol. The van der Waals surface area contributed by atoms with Crippen molar-refractivity contribution in [2.24, 2.45) is 0 Å². The minimum Gasteiger partial charge on any atom is -0.465 e. The van der Waals surface area contributed by atoms with Gasteiger partial charge in [0.25, 0.3) is 0 Å². The SMILES string of the molecule is CCCCCCCCC/C=C\CCCCCCCCCC(=O)OCC/C=C\C/C=C\CCCCCCCCCCCCCCCCC(=O)NC(CO)C(O)/C=C/CCCCCCCCCCCCCCCC. The summed E-state index contributed by atoms with van der Waals surface area (Å²) in [6, 6.07) is -0.633. The number of rotatable bonds is 59. The van der Waals surface area contributed by atoms with Crippen LogP contribution in [-0.4, -0.2) is 47.4 Å². The van der Waals surface area contributed by atoms with E-state index in [0.717, 1.165) is 51.4 Å². The van der Waals surface area contributed by atoms with Crippen LogP contribution in [0.5, 0.6) is 0 Å². The van der Waals surface area contributed by atoms with E-state index in [1.54, 1.807) is 6.08 Å². The molecule has 2 atom stereocenters. The number of hydrogen-bond donors (Lipinski definition) is 3. The molecule has 0 saturated carbocycles. The first kappa shape index (κ1) is 69.8. The van der Waals surface area contributed by atoms with E-state index in [2.05, 4.69) is 55.6 Å². The van der Waals surface area contributed by atoms with Crippen LogP contribution in [-0.2, 0) is 14.3 Å². The zero-order valence-corrected chi connectivity index (χ0v) is 48.2. The van der Waals surface area contributed by atoms with Gasteiger partial charge in [0, 0.05) is 12.8 Å². The first-order chi connectivity index (χ1) is 35.5. The van der Waals surface area contributed by atoms with Crippen LogP contribution in [0.25, 0.3) is 0 Å². The van der Waals surface area contributed by atoms with Gasteiger partial charge in [0.1, 0.15) is 0 Å². The number of carbonyl (C=O) groups excluding carboxylic acids is 2. The van der Waals surface area contributed by atoms with Crippen molar-refractivity contribution in [2.45, 2.75) is 347 Å². The summed E-state index contributed by atoms with van der Waals surface area (Å²) in [6.45, 7) is 4.80. The Bertz CT molecular complexity index is 1210. The van der Waals surface area contributed by atoms with E-state index < -0.39 is 12.1 Å². The molecule has 0 saturated heterocycles. The number of nitrogens with one attached hydrogen (secondary N) is 1. The average molecular weight is 1010 g/mol. The summed E-state index contributed by atoms with van der Waals surface area (Å²) in [6.07, 6.45) is 78.8. The highest BCUT2D eigenvalue weighted by atomic mass is 16.5. The van der Waals surface area contributed by atoms with Crippen LogP contribution in [0.15, 0.2) is 48.6 Å². The lowest BCUT2D eigenvalue weighted by molar-refractivity contribution is -0.143. The van der Waals surface area contributed by atoms with Crippen LogP contribution in [0.1, 0.15) is 335 Å². The number of unbranched alkanes of at least 4 members (excludes halogenated alkanes) is 42. The van der Waals surface area contributed by atoms with Gasteiger partial charge in [0.05, 0.1) is 25.4 Å². The van der Waals surface area contributed by atoms with Crippen LogP contribution in [0, 0.1) is 0 Å². The third-order valence-electron chi connectivity index (χ3n) is 14.6. The van der Waals surface area contributed by atoms with E-state index in [1.807, 2.05) is 6.08 Å². The number of amides is 1. The van der Waals surface area contributed by atoms with E-state index in [0.29, 0.717) is 19.4 Å². The maximum absolute atomic E-state index is 12.5. The van der Waals surface area contributed by atoms with Gasteiger partial charge in [0.15, 0.2) is 0 Å². The van der Waals surface area contributed by atoms with E-state index in [-0.39, 0.29) is 18.5 Å². The number of allylic oxidation sites excluding steroid dienone is 6. The van der Waals surface area contributed by atoms with Crippen LogP contribution >= 0.6 is 0 Å². The van der Waals surface area contributed by atoms with Crippen molar-refractivity contribution in [2.75, 3.05) is 13.2 Å². The summed E-state index contributed by atoms with van der Waals surface area (Å²) < 4.78 is 5.43. The number of ether oxygens (including phenoxy) is 1. The van der Waals surface area contributed by atoms with Crippen molar-refractivity contribution >= 4 is 11.9 Å². The zero-order valence-electron chi connectivity index (χ0n) is 48.2. The summed E-state index contributed by atoms with van der Waals surface area (Å²) in [5, 5.41) is 23.1. The smallest absolute Gasteiger partial charge is 0.305 e. The van der Waals surface area contributed by atoms with Gasteiger partial charge >= 0.3 is 5.97 Å². The normalized spacial score (nSPS) is 12.9. The van der Waals surface area contributed by atoms with E-state index in [4.69, 9.17) is 4.74 Å². The topological polar surface area (TPSA) is 95.9 Å².